The largest absolute Gasteiger partial charge is 0.0622 e. The van der Waals surface area contributed by atoms with Crippen molar-refractivity contribution in [1.82, 2.24) is 0 Å². The van der Waals surface area contributed by atoms with E-state index in [9.17, 15) is 0 Å². The lowest BCUT2D eigenvalue weighted by Crippen LogP contribution is -2.15. The second-order valence-corrected chi connectivity index (χ2v) is 17.5. The highest BCUT2D eigenvalue weighted by molar-refractivity contribution is 6.26. The maximum Gasteiger partial charge on any atom is 0.0159 e. The van der Waals surface area contributed by atoms with Crippen LogP contribution < -0.4 is 0 Å². The molecule has 0 atom stereocenters. The Morgan fingerprint density at radius 2 is 0.574 bits per heavy atom. The lowest BCUT2D eigenvalue weighted by molar-refractivity contribution is 0.661. The number of benzene rings is 12. The molecule has 284 valence electrons. The first-order valence-corrected chi connectivity index (χ1v) is 21.5. The Bertz CT molecular complexity index is 3830. The molecule has 0 bridgehead atoms. The van der Waals surface area contributed by atoms with E-state index in [1.54, 1.807) is 0 Å². The molecule has 0 heterocycles. The predicted octanol–water partition coefficient (Wildman–Crippen LogP) is 17.1. The van der Waals surface area contributed by atoms with Crippen molar-refractivity contribution in [2.45, 2.75) is 19.3 Å². The van der Waals surface area contributed by atoms with Gasteiger partial charge in [0.1, 0.15) is 0 Å². The van der Waals surface area contributed by atoms with Crippen LogP contribution in [0.15, 0.2) is 206 Å². The Morgan fingerprint density at radius 3 is 1.08 bits per heavy atom. The molecule has 61 heavy (non-hydrogen) atoms. The van der Waals surface area contributed by atoms with Gasteiger partial charge in [-0.2, -0.15) is 0 Å². The van der Waals surface area contributed by atoms with Crippen LogP contribution in [0, 0.1) is 0 Å². The van der Waals surface area contributed by atoms with E-state index < -0.39 is 0 Å². The minimum Gasteiger partial charge on any atom is -0.0622 e. The molecule has 0 aliphatic heterocycles. The van der Waals surface area contributed by atoms with Crippen molar-refractivity contribution in [2.24, 2.45) is 0 Å². The molecule has 0 saturated carbocycles. The van der Waals surface area contributed by atoms with Crippen LogP contribution in [0.3, 0.4) is 0 Å². The summed E-state index contributed by atoms with van der Waals surface area (Å²) >= 11 is 0. The third-order valence-electron chi connectivity index (χ3n) is 14.0. The molecule has 1 aliphatic rings. The summed E-state index contributed by atoms with van der Waals surface area (Å²) in [4.78, 5) is 0. The minimum absolute atomic E-state index is 0.265. The van der Waals surface area contributed by atoms with E-state index in [0.717, 1.165) is 0 Å². The Kier molecular flexibility index (Phi) is 7.17. The van der Waals surface area contributed by atoms with Crippen molar-refractivity contribution < 1.29 is 0 Å². The zero-order chi connectivity index (χ0) is 40.4. The highest BCUT2D eigenvalue weighted by Crippen LogP contribution is 2.57. The summed E-state index contributed by atoms with van der Waals surface area (Å²) in [7, 11) is 0. The lowest BCUT2D eigenvalue weighted by atomic mass is 9.78. The van der Waals surface area contributed by atoms with E-state index >= 15 is 0 Å². The van der Waals surface area contributed by atoms with Crippen molar-refractivity contribution >= 4 is 75.4 Å². The second kappa shape index (κ2) is 12.7. The van der Waals surface area contributed by atoms with E-state index in [0.29, 0.717) is 0 Å². The van der Waals surface area contributed by atoms with Gasteiger partial charge >= 0.3 is 0 Å². The average Bonchev–Trinajstić information content (AvgIpc) is 3.56. The van der Waals surface area contributed by atoms with Gasteiger partial charge in [-0.25, -0.2) is 0 Å². The molecule has 0 unspecified atom stereocenters. The molecular weight excluding hydrogens is 733 g/mol. The molecular formula is C61H40. The molecule has 12 aromatic rings. The fourth-order valence-corrected chi connectivity index (χ4v) is 11.2. The number of rotatable bonds is 3. The van der Waals surface area contributed by atoms with Gasteiger partial charge in [-0.05, 0) is 161 Å². The van der Waals surface area contributed by atoms with Crippen LogP contribution in [0.4, 0.5) is 0 Å². The molecule has 0 amide bonds. The van der Waals surface area contributed by atoms with Crippen LogP contribution in [-0.2, 0) is 5.41 Å². The Morgan fingerprint density at radius 1 is 0.246 bits per heavy atom. The zero-order valence-electron chi connectivity index (χ0n) is 34.1. The topological polar surface area (TPSA) is 0 Å². The van der Waals surface area contributed by atoms with Gasteiger partial charge in [-0.3, -0.25) is 0 Å². The number of hydrogen-bond donors (Lipinski definition) is 0. The molecule has 0 nitrogen and oxygen atoms in total. The van der Waals surface area contributed by atoms with Crippen molar-refractivity contribution in [3.05, 3.63) is 217 Å². The number of hydrogen-bond acceptors (Lipinski definition) is 0. The first-order valence-electron chi connectivity index (χ1n) is 21.5. The zero-order valence-corrected chi connectivity index (χ0v) is 34.1. The highest BCUT2D eigenvalue weighted by Gasteiger charge is 2.39. The lowest BCUT2D eigenvalue weighted by Gasteiger charge is -2.24. The summed E-state index contributed by atoms with van der Waals surface area (Å²) in [5.74, 6) is 0. The molecule has 0 heteroatoms. The minimum atomic E-state index is -0.265. The summed E-state index contributed by atoms with van der Waals surface area (Å²) in [6.07, 6.45) is 0. The molecule has 0 saturated heterocycles. The van der Waals surface area contributed by atoms with Gasteiger partial charge in [0, 0.05) is 5.41 Å². The molecule has 0 aromatic heterocycles. The summed E-state index contributed by atoms with van der Waals surface area (Å²) in [6.45, 7) is 4.90. The maximum atomic E-state index is 2.56. The van der Waals surface area contributed by atoms with Crippen molar-refractivity contribution in [3.8, 4) is 44.5 Å². The van der Waals surface area contributed by atoms with E-state index in [1.165, 1.54) is 131 Å². The van der Waals surface area contributed by atoms with Gasteiger partial charge in [0.05, 0.1) is 0 Å². The fourth-order valence-electron chi connectivity index (χ4n) is 11.2. The fraction of sp³-hybridized carbons (Fsp3) is 0.0492. The van der Waals surface area contributed by atoms with Crippen molar-refractivity contribution in [3.63, 3.8) is 0 Å². The SMILES string of the molecule is CC1(C)c2cc(-c3cc4ccccc4c4ccccc34)c3ccccc3c2-c2c1cc(-c1cc3c4ccccc4c(-c4ccccc4)cc3c3ccccc13)c1ccccc21. The van der Waals surface area contributed by atoms with Crippen molar-refractivity contribution in [2.75, 3.05) is 0 Å². The summed E-state index contributed by atoms with van der Waals surface area (Å²) in [6, 6.07) is 77.4. The van der Waals surface area contributed by atoms with Gasteiger partial charge < -0.3 is 0 Å². The van der Waals surface area contributed by atoms with Crippen molar-refractivity contribution in [1.29, 1.82) is 0 Å². The number of fused-ring (bicyclic) bond motifs is 15. The van der Waals surface area contributed by atoms with Crippen LogP contribution in [0.1, 0.15) is 25.0 Å². The van der Waals surface area contributed by atoms with Crippen LogP contribution in [0.2, 0.25) is 0 Å². The summed E-state index contributed by atoms with van der Waals surface area (Å²) in [5.41, 5.74) is 12.9. The summed E-state index contributed by atoms with van der Waals surface area (Å²) < 4.78 is 0. The molecule has 0 radical (unpaired) electrons. The molecule has 1 aliphatic carbocycles. The molecule has 13 rings (SSSR count). The quantitative estimate of drug-likeness (QED) is 0.157. The van der Waals surface area contributed by atoms with E-state index in [-0.39, 0.29) is 5.41 Å². The van der Waals surface area contributed by atoms with Crippen LogP contribution in [-0.4, -0.2) is 0 Å². The van der Waals surface area contributed by atoms with E-state index in [1.807, 2.05) is 0 Å². The monoisotopic (exact) mass is 772 g/mol. The molecule has 12 aromatic carbocycles. The third-order valence-corrected chi connectivity index (χ3v) is 14.0. The van der Waals surface area contributed by atoms with Crippen LogP contribution in [0.5, 0.6) is 0 Å². The smallest absolute Gasteiger partial charge is 0.0159 e. The third kappa shape index (κ3) is 4.82. The first-order chi connectivity index (χ1) is 30.0. The van der Waals surface area contributed by atoms with Gasteiger partial charge in [-0.1, -0.05) is 190 Å². The van der Waals surface area contributed by atoms with E-state index in [2.05, 4.69) is 220 Å². The molecule has 0 fully saturated rings. The standard InChI is InChI=1S/C61H40/c1-61(2)57-35-55(51-32-38-20-6-7-21-39(38)40-22-8-10-24-42(40)51)46-28-14-16-30-48(46)59(57)60-49-31-17-15-29-47(49)56(36-58(60)61)54-34-53-43-25-11-9-23-41(43)50(37-18-4-3-5-19-37)33-52(53)44-26-12-13-27-45(44)54/h3-36H,1-2H3. The highest BCUT2D eigenvalue weighted by atomic mass is 14.4. The van der Waals surface area contributed by atoms with Gasteiger partial charge in [0.15, 0.2) is 0 Å². The van der Waals surface area contributed by atoms with Gasteiger partial charge in [0.25, 0.3) is 0 Å². The van der Waals surface area contributed by atoms with Gasteiger partial charge in [-0.15, -0.1) is 0 Å². The second-order valence-electron chi connectivity index (χ2n) is 17.5. The normalized spacial score (nSPS) is 13.2. The van der Waals surface area contributed by atoms with Crippen LogP contribution >= 0.6 is 0 Å². The van der Waals surface area contributed by atoms with E-state index in [4.69, 9.17) is 0 Å². The molecule has 0 N–H and O–H groups in total. The first kappa shape index (κ1) is 34.3. The molecule has 0 spiro atoms. The van der Waals surface area contributed by atoms with Crippen LogP contribution in [0.25, 0.3) is 120 Å². The Labute approximate surface area is 355 Å². The Hall–Kier alpha value is -7.54. The summed E-state index contributed by atoms with van der Waals surface area (Å²) in [5, 5.41) is 18.0. The Balaban J connectivity index is 1.11. The average molecular weight is 773 g/mol. The predicted molar refractivity (Wildman–Crippen MR) is 263 cm³/mol. The van der Waals surface area contributed by atoms with Gasteiger partial charge in [0.2, 0.25) is 0 Å². The maximum absolute atomic E-state index is 2.56.